The fourth-order valence-electron chi connectivity index (χ4n) is 3.62. The second-order valence-electron chi connectivity index (χ2n) is 7.58. The first-order valence-electron chi connectivity index (χ1n) is 10.6. The molecule has 2 heterocycles. The highest BCUT2D eigenvalue weighted by atomic mass is 19.1. The third-order valence-electron chi connectivity index (χ3n) is 5.37. The first-order chi connectivity index (χ1) is 16.4. The van der Waals surface area contributed by atoms with E-state index in [1.165, 1.54) is 53.4 Å². The maximum Gasteiger partial charge on any atom is 0.331 e. The van der Waals surface area contributed by atoms with Gasteiger partial charge in [0.2, 0.25) is 0 Å². The van der Waals surface area contributed by atoms with Crippen LogP contribution in [0.5, 0.6) is 0 Å². The van der Waals surface area contributed by atoms with Crippen molar-refractivity contribution < 1.29 is 13.9 Å². The maximum atomic E-state index is 13.2. The van der Waals surface area contributed by atoms with Crippen LogP contribution in [0.1, 0.15) is 34.6 Å². The van der Waals surface area contributed by atoms with Gasteiger partial charge in [-0.05, 0) is 48.9 Å². The van der Waals surface area contributed by atoms with Gasteiger partial charge in [-0.3, -0.25) is 18.7 Å². The number of ether oxygens (including phenoxy) is 1. The number of nitrogens with one attached hydrogen (secondary N) is 1. The monoisotopic (exact) mass is 463 g/mol. The maximum absolute atomic E-state index is 13.2. The molecule has 9 nitrogen and oxygen atoms in total. The summed E-state index contributed by atoms with van der Waals surface area (Å²) < 4.78 is 21.3. The molecule has 1 amide bonds. The molecule has 10 heteroatoms. The van der Waals surface area contributed by atoms with Crippen LogP contribution in [0.15, 0.2) is 70.5 Å². The van der Waals surface area contributed by atoms with Crippen LogP contribution < -0.4 is 16.6 Å². The summed E-state index contributed by atoms with van der Waals surface area (Å²) in [6.07, 6.45) is 2.23. The Balaban J connectivity index is 1.71. The highest BCUT2D eigenvalue weighted by molar-refractivity contribution is 5.98. The Morgan fingerprint density at radius 2 is 1.88 bits per heavy atom. The van der Waals surface area contributed by atoms with E-state index in [0.717, 1.165) is 4.57 Å². The first kappa shape index (κ1) is 23.0. The number of carbonyl (C=O) groups is 1. The lowest BCUT2D eigenvalue weighted by Gasteiger charge is -2.19. The van der Waals surface area contributed by atoms with Crippen molar-refractivity contribution in [1.29, 1.82) is 0 Å². The molecule has 4 aromatic rings. The van der Waals surface area contributed by atoms with Gasteiger partial charge in [0.25, 0.3) is 11.5 Å². The van der Waals surface area contributed by atoms with Gasteiger partial charge in [0, 0.05) is 24.8 Å². The van der Waals surface area contributed by atoms with E-state index in [9.17, 15) is 18.8 Å². The average Bonchev–Trinajstić information content (AvgIpc) is 2.86. The van der Waals surface area contributed by atoms with Gasteiger partial charge in [0.15, 0.2) is 6.23 Å². The van der Waals surface area contributed by atoms with Crippen LogP contribution in [-0.2, 0) is 18.3 Å². The minimum absolute atomic E-state index is 0.0282. The lowest BCUT2D eigenvalue weighted by atomic mass is 10.1. The van der Waals surface area contributed by atoms with E-state index in [4.69, 9.17) is 4.74 Å². The Kier molecular flexibility index (Phi) is 6.60. The van der Waals surface area contributed by atoms with Crippen molar-refractivity contribution in [2.24, 2.45) is 7.05 Å². The number of hydrogen-bond donors (Lipinski definition) is 1. The van der Waals surface area contributed by atoms with Crippen LogP contribution in [0.2, 0.25) is 0 Å². The summed E-state index contributed by atoms with van der Waals surface area (Å²) in [5.74, 6) is -0.874. The Morgan fingerprint density at radius 3 is 2.56 bits per heavy atom. The fraction of sp³-hybridized carbons (Fsp3) is 0.208. The quantitative estimate of drug-likeness (QED) is 0.421. The molecule has 1 atom stereocenters. The van der Waals surface area contributed by atoms with Crippen LogP contribution in [0, 0.1) is 5.82 Å². The Morgan fingerprint density at radius 1 is 1.12 bits per heavy atom. The number of nitrogens with zero attached hydrogens (tertiary/aromatic N) is 4. The van der Waals surface area contributed by atoms with Crippen LogP contribution in [0.4, 0.5) is 4.39 Å². The summed E-state index contributed by atoms with van der Waals surface area (Å²) >= 11 is 0. The van der Waals surface area contributed by atoms with Gasteiger partial charge in [-0.1, -0.05) is 12.1 Å². The predicted molar refractivity (Wildman–Crippen MR) is 123 cm³/mol. The molecule has 34 heavy (non-hydrogen) atoms. The zero-order valence-electron chi connectivity index (χ0n) is 18.6. The van der Waals surface area contributed by atoms with Crippen LogP contribution >= 0.6 is 0 Å². The summed E-state index contributed by atoms with van der Waals surface area (Å²) in [6, 6.07) is 11.8. The van der Waals surface area contributed by atoms with Crippen molar-refractivity contribution >= 4 is 16.8 Å². The number of aromatic nitrogens is 4. The molecule has 4 rings (SSSR count). The number of amides is 1. The molecule has 1 unspecified atom stereocenters. The largest absolute Gasteiger partial charge is 0.354 e. The minimum Gasteiger partial charge on any atom is -0.354 e. The van der Waals surface area contributed by atoms with Gasteiger partial charge in [0.1, 0.15) is 5.82 Å². The second kappa shape index (κ2) is 9.75. The van der Waals surface area contributed by atoms with Gasteiger partial charge in [0.05, 0.1) is 29.8 Å². The molecule has 2 aromatic heterocycles. The summed E-state index contributed by atoms with van der Waals surface area (Å²) in [7, 11) is 1.55. The average molecular weight is 463 g/mol. The molecule has 0 bridgehead atoms. The SMILES string of the molecule is CCOC(NC(=O)c1ccc2c(c1)c(=O)n(Cc1ccc(F)cc1)c(=O)n2C)c1ccnnc1. The lowest BCUT2D eigenvalue weighted by Crippen LogP contribution is -2.39. The van der Waals surface area contributed by atoms with Crippen LogP contribution in [-0.4, -0.2) is 31.8 Å². The van der Waals surface area contributed by atoms with Crippen molar-refractivity contribution in [2.75, 3.05) is 6.61 Å². The summed E-state index contributed by atoms with van der Waals surface area (Å²) in [5, 5.41) is 10.5. The third-order valence-corrected chi connectivity index (χ3v) is 5.37. The predicted octanol–water partition coefficient (Wildman–Crippen LogP) is 2.14. The number of rotatable bonds is 7. The summed E-state index contributed by atoms with van der Waals surface area (Å²) in [5.41, 5.74) is 0.775. The standard InChI is InChI=1S/C24H22FN5O4/c1-3-34-22(17-10-11-26-27-13-17)28-21(31)16-6-9-20-19(12-16)23(32)30(24(33)29(20)2)14-15-4-7-18(25)8-5-15/h4-13,22H,3,14H2,1-2H3,(H,28,31). The van der Waals surface area contributed by atoms with Crippen molar-refractivity contribution in [3.63, 3.8) is 0 Å². The molecule has 1 N–H and O–H groups in total. The number of hydrogen-bond acceptors (Lipinski definition) is 6. The summed E-state index contributed by atoms with van der Waals surface area (Å²) in [4.78, 5) is 39.0. The minimum atomic E-state index is -0.751. The molecule has 0 radical (unpaired) electrons. The highest BCUT2D eigenvalue weighted by Gasteiger charge is 2.18. The number of aryl methyl sites for hydroxylation is 1. The zero-order chi connectivity index (χ0) is 24.2. The van der Waals surface area contributed by atoms with Gasteiger partial charge >= 0.3 is 5.69 Å². The summed E-state index contributed by atoms with van der Waals surface area (Å²) in [6.45, 7) is 2.12. The Bertz CT molecular complexity index is 1450. The fourth-order valence-corrected chi connectivity index (χ4v) is 3.62. The molecular formula is C24H22FN5O4. The van der Waals surface area contributed by atoms with E-state index < -0.39 is 29.2 Å². The second-order valence-corrected chi connectivity index (χ2v) is 7.58. The molecule has 0 aliphatic heterocycles. The Hall–Kier alpha value is -4.18. The first-order valence-corrected chi connectivity index (χ1v) is 10.6. The van der Waals surface area contributed by atoms with Crippen LogP contribution in [0.3, 0.4) is 0 Å². The smallest absolute Gasteiger partial charge is 0.331 e. The molecule has 2 aromatic carbocycles. The van der Waals surface area contributed by atoms with Crippen molar-refractivity contribution in [1.82, 2.24) is 24.6 Å². The normalized spacial score (nSPS) is 12.0. The van der Waals surface area contributed by atoms with Crippen molar-refractivity contribution in [3.05, 3.63) is 104 Å². The van der Waals surface area contributed by atoms with E-state index in [1.807, 2.05) is 0 Å². The number of halogens is 1. The van der Waals surface area contributed by atoms with E-state index in [2.05, 4.69) is 15.5 Å². The molecule has 0 saturated heterocycles. The van der Waals surface area contributed by atoms with Crippen molar-refractivity contribution in [3.8, 4) is 0 Å². The zero-order valence-corrected chi connectivity index (χ0v) is 18.6. The van der Waals surface area contributed by atoms with Gasteiger partial charge < -0.3 is 10.1 Å². The molecular weight excluding hydrogens is 441 g/mol. The van der Waals surface area contributed by atoms with E-state index in [-0.39, 0.29) is 17.5 Å². The van der Waals surface area contributed by atoms with Crippen molar-refractivity contribution in [2.45, 2.75) is 19.7 Å². The third kappa shape index (κ3) is 4.62. The van der Waals surface area contributed by atoms with E-state index in [0.29, 0.717) is 23.3 Å². The lowest BCUT2D eigenvalue weighted by molar-refractivity contribution is 0.0334. The van der Waals surface area contributed by atoms with Gasteiger partial charge in [-0.2, -0.15) is 10.2 Å². The van der Waals surface area contributed by atoms with E-state index in [1.54, 1.807) is 26.1 Å². The molecule has 0 aliphatic rings. The molecule has 174 valence electrons. The van der Waals surface area contributed by atoms with Crippen LogP contribution in [0.25, 0.3) is 10.9 Å². The van der Waals surface area contributed by atoms with Gasteiger partial charge in [-0.25, -0.2) is 9.18 Å². The molecule has 0 saturated carbocycles. The number of benzene rings is 2. The topological polar surface area (TPSA) is 108 Å². The molecule has 0 aliphatic carbocycles. The molecule has 0 spiro atoms. The Labute approximate surface area is 193 Å². The van der Waals surface area contributed by atoms with Gasteiger partial charge in [-0.15, -0.1) is 0 Å². The highest BCUT2D eigenvalue weighted by Crippen LogP contribution is 2.16. The number of carbonyl (C=O) groups excluding carboxylic acids is 1. The molecule has 0 fully saturated rings. The van der Waals surface area contributed by atoms with E-state index >= 15 is 0 Å². The number of fused-ring (bicyclic) bond motifs is 1.